The zero-order valence-corrected chi connectivity index (χ0v) is 18.7. The minimum atomic E-state index is -3.89. The Morgan fingerprint density at radius 1 is 1.00 bits per heavy atom. The van der Waals surface area contributed by atoms with Crippen molar-refractivity contribution >= 4 is 33.6 Å². The zero-order valence-electron chi connectivity index (χ0n) is 17.9. The van der Waals surface area contributed by atoms with Crippen LogP contribution in [0.1, 0.15) is 48.0 Å². The molecule has 2 aromatic rings. The lowest BCUT2D eigenvalue weighted by Crippen LogP contribution is -2.50. The van der Waals surface area contributed by atoms with E-state index in [4.69, 9.17) is 0 Å². The van der Waals surface area contributed by atoms with E-state index in [1.165, 1.54) is 28.6 Å². The van der Waals surface area contributed by atoms with Crippen LogP contribution in [-0.4, -0.2) is 43.4 Å². The molecule has 0 unspecified atom stereocenters. The van der Waals surface area contributed by atoms with E-state index in [9.17, 15) is 22.8 Å². The van der Waals surface area contributed by atoms with Gasteiger partial charge in [-0.1, -0.05) is 43.5 Å². The molecule has 2 heterocycles. The first-order chi connectivity index (χ1) is 15.8. The molecule has 3 aliphatic rings. The fourth-order valence-electron chi connectivity index (χ4n) is 4.86. The van der Waals surface area contributed by atoms with Gasteiger partial charge in [-0.3, -0.25) is 19.3 Å². The molecule has 33 heavy (non-hydrogen) atoms. The molecule has 5 rings (SSSR count). The lowest BCUT2D eigenvalue weighted by atomic mass is 9.82. The fourth-order valence-corrected chi connectivity index (χ4v) is 6.41. The van der Waals surface area contributed by atoms with Crippen LogP contribution in [0.15, 0.2) is 53.4 Å². The van der Waals surface area contributed by atoms with E-state index < -0.39 is 33.4 Å². The van der Waals surface area contributed by atoms with E-state index >= 15 is 0 Å². The molecule has 0 atom stereocenters. The number of hydrogen-bond donors (Lipinski definition) is 2. The van der Waals surface area contributed by atoms with Crippen LogP contribution < -0.4 is 15.0 Å². The van der Waals surface area contributed by atoms with Crippen LogP contribution in [0, 0.1) is 0 Å². The molecule has 10 heteroatoms. The second kappa shape index (κ2) is 7.87. The molecule has 1 saturated heterocycles. The zero-order chi connectivity index (χ0) is 23.2. The average Bonchev–Trinajstić information content (AvgIpc) is 3.35. The number of hydrazine groups is 1. The van der Waals surface area contributed by atoms with Crippen molar-refractivity contribution in [3.05, 3.63) is 59.7 Å². The number of para-hydroxylation sites is 1. The Bertz CT molecular complexity index is 1250. The summed E-state index contributed by atoms with van der Waals surface area (Å²) in [5.41, 5.74) is 3.01. The number of nitrogens with one attached hydrogen (secondary N) is 2. The monoisotopic (exact) mass is 468 g/mol. The highest BCUT2D eigenvalue weighted by Gasteiger charge is 2.52. The van der Waals surface area contributed by atoms with E-state index in [-0.39, 0.29) is 10.5 Å². The third kappa shape index (κ3) is 3.54. The summed E-state index contributed by atoms with van der Waals surface area (Å²) < 4.78 is 27.9. The van der Waals surface area contributed by atoms with Gasteiger partial charge in [-0.15, -0.1) is 0 Å². The Balaban J connectivity index is 1.37. The van der Waals surface area contributed by atoms with E-state index in [1.54, 1.807) is 12.1 Å². The molecule has 9 nitrogen and oxygen atoms in total. The summed E-state index contributed by atoms with van der Waals surface area (Å²) in [7, 11) is -3.89. The highest BCUT2D eigenvalue weighted by Crippen LogP contribution is 2.34. The maximum atomic E-state index is 13.3. The lowest BCUT2D eigenvalue weighted by molar-refractivity contribution is -0.134. The van der Waals surface area contributed by atoms with Crippen LogP contribution in [0.4, 0.5) is 10.5 Å². The van der Waals surface area contributed by atoms with Crippen molar-refractivity contribution in [2.75, 3.05) is 10.8 Å². The van der Waals surface area contributed by atoms with Crippen LogP contribution in [0.3, 0.4) is 0 Å². The number of hydrogen-bond acceptors (Lipinski definition) is 5. The Morgan fingerprint density at radius 2 is 1.76 bits per heavy atom. The second-order valence-electron chi connectivity index (χ2n) is 8.64. The summed E-state index contributed by atoms with van der Waals surface area (Å²) in [6, 6.07) is 12.2. The molecule has 2 aromatic carbocycles. The molecule has 1 spiro atoms. The predicted octanol–water partition coefficient (Wildman–Crippen LogP) is 2.34. The van der Waals surface area contributed by atoms with Crippen molar-refractivity contribution in [2.24, 2.45) is 0 Å². The molecular formula is C23H24N4O5S. The number of amides is 4. The maximum Gasteiger partial charge on any atom is 0.344 e. The first-order valence-corrected chi connectivity index (χ1v) is 12.4. The van der Waals surface area contributed by atoms with E-state index in [0.29, 0.717) is 36.5 Å². The number of nitrogens with zero attached hydrogens (tertiary/aromatic N) is 2. The maximum absolute atomic E-state index is 13.3. The summed E-state index contributed by atoms with van der Waals surface area (Å²) in [6.07, 6.45) is 4.34. The van der Waals surface area contributed by atoms with Gasteiger partial charge in [0.1, 0.15) is 5.54 Å². The van der Waals surface area contributed by atoms with E-state index in [0.717, 1.165) is 24.8 Å². The van der Waals surface area contributed by atoms with E-state index in [1.807, 2.05) is 12.1 Å². The van der Waals surface area contributed by atoms with E-state index in [2.05, 4.69) is 10.7 Å². The molecule has 2 N–H and O–H groups in total. The highest BCUT2D eigenvalue weighted by atomic mass is 32.2. The molecule has 0 bridgehead atoms. The van der Waals surface area contributed by atoms with Gasteiger partial charge in [0.25, 0.3) is 21.8 Å². The number of imide groups is 1. The molecular weight excluding hydrogens is 444 g/mol. The first-order valence-electron chi connectivity index (χ1n) is 11.0. The highest BCUT2D eigenvalue weighted by molar-refractivity contribution is 7.92. The Morgan fingerprint density at radius 3 is 2.55 bits per heavy atom. The topological polar surface area (TPSA) is 116 Å². The molecule has 2 fully saturated rings. The lowest BCUT2D eigenvalue weighted by Gasteiger charge is -2.30. The first kappa shape index (κ1) is 21.4. The van der Waals surface area contributed by atoms with Gasteiger partial charge in [0.2, 0.25) is 0 Å². The molecule has 0 radical (unpaired) electrons. The Kier molecular flexibility index (Phi) is 5.12. The number of carbonyl (C=O) groups is 3. The number of rotatable bonds is 4. The van der Waals surface area contributed by atoms with Gasteiger partial charge in [0.05, 0.1) is 10.6 Å². The Labute approximate surface area is 191 Å². The Hall–Kier alpha value is -3.40. The molecule has 1 aliphatic carbocycles. The number of carbonyl (C=O) groups excluding carboxylic acids is 3. The molecule has 172 valence electrons. The van der Waals surface area contributed by atoms with Gasteiger partial charge in [-0.2, -0.15) is 5.01 Å². The van der Waals surface area contributed by atoms with Crippen LogP contribution in [0.25, 0.3) is 0 Å². The largest absolute Gasteiger partial charge is 0.344 e. The molecule has 2 aliphatic heterocycles. The van der Waals surface area contributed by atoms with Gasteiger partial charge >= 0.3 is 6.03 Å². The van der Waals surface area contributed by atoms with Crippen LogP contribution >= 0.6 is 0 Å². The normalized spacial score (nSPS) is 19.5. The van der Waals surface area contributed by atoms with Gasteiger partial charge in [0.15, 0.2) is 0 Å². The second-order valence-corrected chi connectivity index (χ2v) is 10.5. The smallest absolute Gasteiger partial charge is 0.322 e. The minimum Gasteiger partial charge on any atom is -0.322 e. The summed E-state index contributed by atoms with van der Waals surface area (Å²) in [5, 5.41) is 3.44. The number of benzene rings is 2. The quantitative estimate of drug-likeness (QED) is 0.669. The number of sulfonamides is 1. The minimum absolute atomic E-state index is 0.0344. The number of anilines is 1. The van der Waals surface area contributed by atoms with Crippen molar-refractivity contribution in [3.8, 4) is 0 Å². The SMILES string of the molecule is O=C(NN1C(=O)NC2(CCCCC2)C1=O)c1cccc(S(=O)(=O)N2CCc3ccccc32)c1. The third-order valence-corrected chi connectivity index (χ3v) is 8.42. The van der Waals surface area contributed by atoms with Crippen molar-refractivity contribution in [2.45, 2.75) is 49.0 Å². The standard InChI is InChI=1S/C23H24N4O5S/c28-20(25-27-21(29)23(24-22(27)30)12-4-1-5-13-23)17-8-6-9-18(15-17)33(31,32)26-14-11-16-7-2-3-10-19(16)26/h2-3,6-10,15H,1,4-5,11-14H2,(H,24,30)(H,25,28). The summed E-state index contributed by atoms with van der Waals surface area (Å²) in [4.78, 5) is 38.2. The van der Waals surface area contributed by atoms with Crippen molar-refractivity contribution in [1.29, 1.82) is 0 Å². The van der Waals surface area contributed by atoms with Gasteiger partial charge in [0, 0.05) is 12.1 Å². The van der Waals surface area contributed by atoms with Crippen molar-refractivity contribution < 1.29 is 22.8 Å². The van der Waals surface area contributed by atoms with Crippen molar-refractivity contribution in [1.82, 2.24) is 15.8 Å². The van der Waals surface area contributed by atoms with Gasteiger partial charge < -0.3 is 5.32 Å². The summed E-state index contributed by atoms with van der Waals surface area (Å²) in [5.74, 6) is -1.21. The van der Waals surface area contributed by atoms with Crippen molar-refractivity contribution in [3.63, 3.8) is 0 Å². The van der Waals surface area contributed by atoms with Gasteiger partial charge in [-0.05, 0) is 49.1 Å². The average molecular weight is 469 g/mol. The van der Waals surface area contributed by atoms with Crippen LogP contribution in [0.5, 0.6) is 0 Å². The van der Waals surface area contributed by atoms with Crippen LogP contribution in [0.2, 0.25) is 0 Å². The number of fused-ring (bicyclic) bond motifs is 1. The van der Waals surface area contributed by atoms with Crippen LogP contribution in [-0.2, 0) is 21.2 Å². The third-order valence-electron chi connectivity index (χ3n) is 6.61. The molecule has 4 amide bonds. The summed E-state index contributed by atoms with van der Waals surface area (Å²) in [6.45, 7) is 0.322. The van der Waals surface area contributed by atoms with Gasteiger partial charge in [-0.25, -0.2) is 13.2 Å². The molecule has 1 saturated carbocycles. The predicted molar refractivity (Wildman–Crippen MR) is 120 cm³/mol. The fraction of sp³-hybridized carbons (Fsp3) is 0.348. The molecule has 0 aromatic heterocycles. The number of urea groups is 1. The summed E-state index contributed by atoms with van der Waals surface area (Å²) >= 11 is 0.